The highest BCUT2D eigenvalue weighted by Crippen LogP contribution is 2.17. The maximum atomic E-state index is 13.5. The molecule has 0 bridgehead atoms. The number of rotatable bonds is 5. The molecule has 2 nitrogen and oxygen atoms in total. The highest BCUT2D eigenvalue weighted by molar-refractivity contribution is 5.51. The van der Waals surface area contributed by atoms with Crippen LogP contribution >= 0.6 is 0 Å². The zero-order valence-corrected chi connectivity index (χ0v) is 12.3. The van der Waals surface area contributed by atoms with Gasteiger partial charge in [0.1, 0.15) is 5.82 Å². The number of nitrogens with zero attached hydrogens (tertiary/aromatic N) is 1. The predicted octanol–water partition coefficient (Wildman–Crippen LogP) is 3.99. The Hall–Kier alpha value is -2.03. The Morgan fingerprint density at radius 2 is 1.70 bits per heavy atom. The van der Waals surface area contributed by atoms with Crippen LogP contribution in [0.1, 0.15) is 11.1 Å². The molecule has 0 aliphatic heterocycles. The third-order valence-electron chi connectivity index (χ3n) is 3.28. The molecular weight excluding hydrogens is 251 g/mol. The molecule has 0 aliphatic carbocycles. The first-order chi connectivity index (χ1) is 9.56. The number of nitrogens with one attached hydrogen (secondary N) is 1. The normalized spacial score (nSPS) is 10.4. The van der Waals surface area contributed by atoms with E-state index in [1.54, 1.807) is 12.1 Å². The van der Waals surface area contributed by atoms with Gasteiger partial charge in [-0.1, -0.05) is 18.2 Å². The van der Waals surface area contributed by atoms with E-state index in [0.29, 0.717) is 12.2 Å². The Morgan fingerprint density at radius 3 is 2.35 bits per heavy atom. The minimum Gasteiger partial charge on any atom is -0.381 e. The van der Waals surface area contributed by atoms with Crippen molar-refractivity contribution in [3.8, 4) is 0 Å². The summed E-state index contributed by atoms with van der Waals surface area (Å²) in [4.78, 5) is 2.17. The largest absolute Gasteiger partial charge is 0.381 e. The minimum absolute atomic E-state index is 0.207. The number of para-hydroxylation sites is 1. The van der Waals surface area contributed by atoms with Gasteiger partial charge in [-0.3, -0.25) is 0 Å². The van der Waals surface area contributed by atoms with Gasteiger partial charge in [-0.15, -0.1) is 0 Å². The van der Waals surface area contributed by atoms with Crippen LogP contribution in [0.4, 0.5) is 15.8 Å². The summed E-state index contributed by atoms with van der Waals surface area (Å²) in [7, 11) is 2.05. The first-order valence-electron chi connectivity index (χ1n) is 6.84. The van der Waals surface area contributed by atoms with Gasteiger partial charge in [0, 0.05) is 25.8 Å². The van der Waals surface area contributed by atoms with Gasteiger partial charge in [0.05, 0.1) is 5.69 Å². The topological polar surface area (TPSA) is 15.3 Å². The van der Waals surface area contributed by atoms with Crippen LogP contribution in [0.3, 0.4) is 0 Å². The van der Waals surface area contributed by atoms with Crippen molar-refractivity contribution in [2.45, 2.75) is 13.8 Å². The van der Waals surface area contributed by atoms with Gasteiger partial charge in [-0.25, -0.2) is 4.39 Å². The van der Waals surface area contributed by atoms with Crippen molar-refractivity contribution in [2.75, 3.05) is 30.4 Å². The summed E-state index contributed by atoms with van der Waals surface area (Å²) >= 11 is 0. The van der Waals surface area contributed by atoms with Crippen LogP contribution in [0.15, 0.2) is 42.5 Å². The Kier molecular flexibility index (Phi) is 4.61. The molecule has 20 heavy (non-hydrogen) atoms. The first kappa shape index (κ1) is 14.4. The second kappa shape index (κ2) is 6.42. The summed E-state index contributed by atoms with van der Waals surface area (Å²) < 4.78 is 13.5. The molecule has 1 N–H and O–H groups in total. The highest BCUT2D eigenvalue weighted by atomic mass is 19.1. The van der Waals surface area contributed by atoms with E-state index >= 15 is 0 Å². The van der Waals surface area contributed by atoms with Gasteiger partial charge < -0.3 is 10.2 Å². The molecule has 0 heterocycles. The van der Waals surface area contributed by atoms with Gasteiger partial charge in [0.25, 0.3) is 0 Å². The van der Waals surface area contributed by atoms with E-state index < -0.39 is 0 Å². The highest BCUT2D eigenvalue weighted by Gasteiger charge is 2.03. The van der Waals surface area contributed by atoms with Crippen LogP contribution < -0.4 is 10.2 Å². The van der Waals surface area contributed by atoms with E-state index in [9.17, 15) is 4.39 Å². The van der Waals surface area contributed by atoms with Crippen molar-refractivity contribution >= 4 is 11.4 Å². The van der Waals surface area contributed by atoms with E-state index in [2.05, 4.69) is 49.3 Å². The molecule has 3 heteroatoms. The number of benzene rings is 2. The van der Waals surface area contributed by atoms with Crippen molar-refractivity contribution in [3.63, 3.8) is 0 Å². The second-order valence-corrected chi connectivity index (χ2v) is 5.17. The fourth-order valence-corrected chi connectivity index (χ4v) is 2.26. The molecule has 0 spiro atoms. The maximum absolute atomic E-state index is 13.5. The van der Waals surface area contributed by atoms with Crippen LogP contribution in [-0.2, 0) is 0 Å². The third-order valence-corrected chi connectivity index (χ3v) is 3.28. The zero-order valence-electron chi connectivity index (χ0n) is 12.3. The summed E-state index contributed by atoms with van der Waals surface area (Å²) in [5.41, 5.74) is 4.27. The Morgan fingerprint density at radius 1 is 1.05 bits per heavy atom. The molecule has 2 aromatic carbocycles. The smallest absolute Gasteiger partial charge is 0.146 e. The number of hydrogen-bond acceptors (Lipinski definition) is 2. The number of aryl methyl sites for hydroxylation is 2. The molecule has 0 aliphatic rings. The van der Waals surface area contributed by atoms with E-state index in [-0.39, 0.29) is 5.82 Å². The lowest BCUT2D eigenvalue weighted by Gasteiger charge is -2.21. The van der Waals surface area contributed by atoms with Crippen molar-refractivity contribution in [3.05, 3.63) is 59.4 Å². The average Bonchev–Trinajstić information content (AvgIpc) is 2.39. The summed E-state index contributed by atoms with van der Waals surface area (Å²) in [6, 6.07) is 13.2. The van der Waals surface area contributed by atoms with Gasteiger partial charge in [0.15, 0.2) is 0 Å². The minimum atomic E-state index is -0.207. The standard InChI is InChI=1S/C17H21FN2/c1-13-10-14(2)12-15(11-13)20(3)9-8-19-17-7-5-4-6-16(17)18/h4-7,10-12,19H,8-9H2,1-3H3. The molecule has 106 valence electrons. The molecule has 0 atom stereocenters. The average molecular weight is 272 g/mol. The Labute approximate surface area is 120 Å². The van der Waals surface area contributed by atoms with Crippen LogP contribution in [0, 0.1) is 19.7 Å². The third kappa shape index (κ3) is 3.73. The molecule has 2 aromatic rings. The van der Waals surface area contributed by atoms with Crippen LogP contribution in [0.25, 0.3) is 0 Å². The molecule has 0 aromatic heterocycles. The Balaban J connectivity index is 1.92. The molecule has 0 radical (unpaired) electrons. The maximum Gasteiger partial charge on any atom is 0.146 e. The lowest BCUT2D eigenvalue weighted by molar-refractivity contribution is 0.630. The van der Waals surface area contributed by atoms with Crippen molar-refractivity contribution in [1.82, 2.24) is 0 Å². The van der Waals surface area contributed by atoms with Crippen molar-refractivity contribution in [2.24, 2.45) is 0 Å². The molecule has 0 amide bonds. The number of hydrogen-bond donors (Lipinski definition) is 1. The van der Waals surface area contributed by atoms with Crippen molar-refractivity contribution < 1.29 is 4.39 Å². The van der Waals surface area contributed by atoms with E-state index in [0.717, 1.165) is 6.54 Å². The van der Waals surface area contributed by atoms with E-state index in [4.69, 9.17) is 0 Å². The summed E-state index contributed by atoms with van der Waals surface area (Å²) in [6.45, 7) is 5.71. The molecule has 0 saturated heterocycles. The lowest BCUT2D eigenvalue weighted by atomic mass is 10.1. The molecular formula is C17H21FN2. The fraction of sp³-hybridized carbons (Fsp3) is 0.294. The second-order valence-electron chi connectivity index (χ2n) is 5.17. The number of likely N-dealkylation sites (N-methyl/N-ethyl adjacent to an activating group) is 1. The first-order valence-corrected chi connectivity index (χ1v) is 6.84. The summed E-state index contributed by atoms with van der Waals surface area (Å²) in [6.07, 6.45) is 0. The van der Waals surface area contributed by atoms with Gasteiger partial charge in [0.2, 0.25) is 0 Å². The van der Waals surface area contributed by atoms with Crippen molar-refractivity contribution in [1.29, 1.82) is 0 Å². The monoisotopic (exact) mass is 272 g/mol. The molecule has 2 rings (SSSR count). The van der Waals surface area contributed by atoms with Gasteiger partial charge in [-0.05, 0) is 49.2 Å². The SMILES string of the molecule is Cc1cc(C)cc(N(C)CCNc2ccccc2F)c1. The van der Waals surface area contributed by atoms with Gasteiger partial charge in [-0.2, -0.15) is 0 Å². The predicted molar refractivity (Wildman–Crippen MR) is 84.1 cm³/mol. The quantitative estimate of drug-likeness (QED) is 0.885. The van der Waals surface area contributed by atoms with Crippen LogP contribution in [0.5, 0.6) is 0 Å². The Bertz CT molecular complexity index is 561. The lowest BCUT2D eigenvalue weighted by Crippen LogP contribution is -2.25. The van der Waals surface area contributed by atoms with E-state index in [1.807, 2.05) is 6.07 Å². The number of halogens is 1. The van der Waals surface area contributed by atoms with E-state index in [1.165, 1.54) is 22.9 Å². The number of anilines is 2. The zero-order chi connectivity index (χ0) is 14.5. The summed E-state index contributed by atoms with van der Waals surface area (Å²) in [5.74, 6) is -0.207. The van der Waals surface area contributed by atoms with Crippen LogP contribution in [0.2, 0.25) is 0 Å². The molecule has 0 saturated carbocycles. The molecule has 0 unspecified atom stereocenters. The summed E-state index contributed by atoms with van der Waals surface area (Å²) in [5, 5.41) is 3.13. The fourth-order valence-electron chi connectivity index (χ4n) is 2.26. The molecule has 0 fully saturated rings. The van der Waals surface area contributed by atoms with Gasteiger partial charge >= 0.3 is 0 Å². The van der Waals surface area contributed by atoms with Crippen LogP contribution in [-0.4, -0.2) is 20.1 Å².